The summed E-state index contributed by atoms with van der Waals surface area (Å²) in [6, 6.07) is 6.96. The predicted molar refractivity (Wildman–Crippen MR) is 101 cm³/mol. The first kappa shape index (κ1) is 21.0. The van der Waals surface area contributed by atoms with E-state index >= 15 is 0 Å². The van der Waals surface area contributed by atoms with Crippen LogP contribution in [0.3, 0.4) is 0 Å². The molecule has 1 N–H and O–H groups in total. The molecule has 156 valence electrons. The van der Waals surface area contributed by atoms with E-state index in [2.05, 4.69) is 5.32 Å². The molecule has 3 unspecified atom stereocenters. The van der Waals surface area contributed by atoms with Crippen molar-refractivity contribution in [3.05, 3.63) is 29.8 Å². The zero-order chi connectivity index (χ0) is 20.1. The number of rotatable bonds is 5. The summed E-state index contributed by atoms with van der Waals surface area (Å²) in [5.41, 5.74) is 0.570. The lowest BCUT2D eigenvalue weighted by atomic mass is 9.83. The largest absolute Gasteiger partial charge is 0.497 e. The molecule has 4 nitrogen and oxygen atoms in total. The normalized spacial score (nSPS) is 26.6. The number of carbonyl (C=O) groups is 1. The van der Waals surface area contributed by atoms with Gasteiger partial charge in [0, 0.05) is 24.7 Å². The van der Waals surface area contributed by atoms with Crippen LogP contribution in [-0.2, 0) is 0 Å². The van der Waals surface area contributed by atoms with Crippen molar-refractivity contribution >= 4 is 5.91 Å². The number of hydrogen-bond donors (Lipinski definition) is 1. The van der Waals surface area contributed by atoms with Gasteiger partial charge in [-0.3, -0.25) is 4.79 Å². The Morgan fingerprint density at radius 2 is 1.86 bits per heavy atom. The number of halogens is 3. The van der Waals surface area contributed by atoms with Gasteiger partial charge in [-0.15, -0.1) is 0 Å². The molecule has 1 aliphatic heterocycles. The molecule has 1 saturated carbocycles. The van der Waals surface area contributed by atoms with Crippen LogP contribution in [0.5, 0.6) is 5.75 Å². The van der Waals surface area contributed by atoms with Crippen molar-refractivity contribution in [1.82, 2.24) is 10.2 Å². The summed E-state index contributed by atoms with van der Waals surface area (Å²) in [4.78, 5) is 14.6. The smallest absolute Gasteiger partial charge is 0.393 e. The molecule has 1 aliphatic carbocycles. The summed E-state index contributed by atoms with van der Waals surface area (Å²) in [5, 5.41) is 3.13. The van der Waals surface area contributed by atoms with Gasteiger partial charge in [0.1, 0.15) is 5.75 Å². The number of nitrogens with one attached hydrogen (secondary N) is 1. The Balaban J connectivity index is 1.59. The maximum absolute atomic E-state index is 13.1. The van der Waals surface area contributed by atoms with Gasteiger partial charge in [0.05, 0.1) is 13.0 Å². The second-order valence-electron chi connectivity index (χ2n) is 7.99. The summed E-state index contributed by atoms with van der Waals surface area (Å²) < 4.78 is 44.4. The minimum absolute atomic E-state index is 0.00890. The van der Waals surface area contributed by atoms with E-state index in [4.69, 9.17) is 4.74 Å². The number of alkyl halides is 3. The third kappa shape index (κ3) is 5.40. The summed E-state index contributed by atoms with van der Waals surface area (Å²) in [7, 11) is 1.58. The van der Waals surface area contributed by atoms with Gasteiger partial charge in [0.2, 0.25) is 0 Å². The Kier molecular flexibility index (Phi) is 6.86. The SMILES string of the molecule is COc1ccc(C(=O)NC2CCCCC2CN2CCCC(C(F)(F)F)C2)cc1. The number of benzene rings is 1. The number of amides is 1. The summed E-state index contributed by atoms with van der Waals surface area (Å²) in [5.74, 6) is -0.470. The van der Waals surface area contributed by atoms with Crippen molar-refractivity contribution in [2.45, 2.75) is 50.7 Å². The molecule has 28 heavy (non-hydrogen) atoms. The van der Waals surface area contributed by atoms with E-state index in [0.29, 0.717) is 30.8 Å². The maximum atomic E-state index is 13.1. The van der Waals surface area contributed by atoms with Gasteiger partial charge in [0.15, 0.2) is 0 Å². The second-order valence-corrected chi connectivity index (χ2v) is 7.99. The molecule has 7 heteroatoms. The number of hydrogen-bond acceptors (Lipinski definition) is 3. The first-order valence-corrected chi connectivity index (χ1v) is 10.1. The number of methoxy groups -OCH3 is 1. The third-order valence-corrected chi connectivity index (χ3v) is 6.04. The fourth-order valence-corrected chi connectivity index (χ4v) is 4.43. The molecule has 0 aromatic heterocycles. The minimum Gasteiger partial charge on any atom is -0.497 e. The van der Waals surface area contributed by atoms with Crippen LogP contribution in [0, 0.1) is 11.8 Å². The molecule has 2 aliphatic rings. The maximum Gasteiger partial charge on any atom is 0.393 e. The molecule has 0 spiro atoms. The number of ether oxygens (including phenoxy) is 1. The van der Waals surface area contributed by atoms with Crippen molar-refractivity contribution in [3.8, 4) is 5.75 Å². The molecule has 1 aromatic carbocycles. The van der Waals surface area contributed by atoms with E-state index in [0.717, 1.165) is 25.7 Å². The van der Waals surface area contributed by atoms with Gasteiger partial charge in [0.25, 0.3) is 5.91 Å². The van der Waals surface area contributed by atoms with Crippen LogP contribution in [0.25, 0.3) is 0 Å². The molecule has 3 atom stereocenters. The summed E-state index contributed by atoms with van der Waals surface area (Å²) >= 11 is 0. The molecule has 0 radical (unpaired) electrons. The van der Waals surface area contributed by atoms with Gasteiger partial charge in [-0.2, -0.15) is 13.2 Å². The lowest BCUT2D eigenvalue weighted by Crippen LogP contribution is -2.49. The van der Waals surface area contributed by atoms with Crippen molar-refractivity contribution in [2.24, 2.45) is 11.8 Å². The highest BCUT2D eigenvalue weighted by Crippen LogP contribution is 2.34. The van der Waals surface area contributed by atoms with E-state index < -0.39 is 12.1 Å². The standard InChI is InChI=1S/C21H29F3N2O2/c1-28-18-10-8-15(9-11-18)20(27)25-19-7-3-2-5-16(19)13-26-12-4-6-17(14-26)21(22,23)24/h8-11,16-17,19H,2-7,12-14H2,1H3,(H,25,27). The van der Waals surface area contributed by atoms with Crippen LogP contribution in [-0.4, -0.2) is 49.8 Å². The van der Waals surface area contributed by atoms with Gasteiger partial charge in [-0.05, 0) is 62.4 Å². The van der Waals surface area contributed by atoms with Crippen LogP contribution < -0.4 is 10.1 Å². The van der Waals surface area contributed by atoms with Crippen molar-refractivity contribution in [1.29, 1.82) is 0 Å². The predicted octanol–water partition coefficient (Wildman–Crippen LogP) is 4.26. The molecule has 1 heterocycles. The summed E-state index contributed by atoms with van der Waals surface area (Å²) in [6.45, 7) is 1.42. The fraction of sp³-hybridized carbons (Fsp3) is 0.667. The number of carbonyl (C=O) groups excluding carboxylic acids is 1. The van der Waals surface area contributed by atoms with Gasteiger partial charge in [-0.25, -0.2) is 0 Å². The van der Waals surface area contributed by atoms with E-state index in [1.54, 1.807) is 31.4 Å². The van der Waals surface area contributed by atoms with Crippen molar-refractivity contribution < 1.29 is 22.7 Å². The van der Waals surface area contributed by atoms with Crippen molar-refractivity contribution in [2.75, 3.05) is 26.7 Å². The zero-order valence-corrected chi connectivity index (χ0v) is 16.3. The lowest BCUT2D eigenvalue weighted by Gasteiger charge is -2.39. The molecule has 1 aromatic rings. The summed E-state index contributed by atoms with van der Waals surface area (Å²) in [6.07, 6.45) is 0.616. The molecule has 1 saturated heterocycles. The molecule has 3 rings (SSSR count). The highest BCUT2D eigenvalue weighted by molar-refractivity contribution is 5.94. The van der Waals surface area contributed by atoms with Crippen LogP contribution in [0.15, 0.2) is 24.3 Å². The van der Waals surface area contributed by atoms with E-state index in [1.165, 1.54) is 0 Å². The topological polar surface area (TPSA) is 41.6 Å². The second kappa shape index (κ2) is 9.16. The minimum atomic E-state index is -4.12. The van der Waals surface area contributed by atoms with Crippen LogP contribution in [0.1, 0.15) is 48.9 Å². The van der Waals surface area contributed by atoms with Gasteiger partial charge < -0.3 is 15.0 Å². The molecule has 2 fully saturated rings. The number of likely N-dealkylation sites (tertiary alicyclic amines) is 1. The monoisotopic (exact) mass is 398 g/mol. The van der Waals surface area contributed by atoms with E-state index in [1.807, 2.05) is 4.90 Å². The Morgan fingerprint density at radius 1 is 1.14 bits per heavy atom. The Bertz CT molecular complexity index is 648. The fourth-order valence-electron chi connectivity index (χ4n) is 4.43. The molecular weight excluding hydrogens is 369 g/mol. The van der Waals surface area contributed by atoms with Gasteiger partial charge in [-0.1, -0.05) is 12.8 Å². The Labute approximate surface area is 164 Å². The first-order valence-electron chi connectivity index (χ1n) is 10.1. The van der Waals surface area contributed by atoms with E-state index in [-0.39, 0.29) is 30.8 Å². The van der Waals surface area contributed by atoms with Crippen LogP contribution in [0.2, 0.25) is 0 Å². The van der Waals surface area contributed by atoms with Crippen LogP contribution in [0.4, 0.5) is 13.2 Å². The number of nitrogens with zero attached hydrogens (tertiary/aromatic N) is 1. The molecule has 0 bridgehead atoms. The quantitative estimate of drug-likeness (QED) is 0.806. The zero-order valence-electron chi connectivity index (χ0n) is 16.3. The van der Waals surface area contributed by atoms with E-state index in [9.17, 15) is 18.0 Å². The number of piperidine rings is 1. The highest BCUT2D eigenvalue weighted by atomic mass is 19.4. The van der Waals surface area contributed by atoms with Crippen LogP contribution >= 0.6 is 0 Å². The highest BCUT2D eigenvalue weighted by Gasteiger charge is 2.42. The molecule has 1 amide bonds. The molecular formula is C21H29F3N2O2. The average molecular weight is 398 g/mol. The first-order chi connectivity index (χ1) is 13.4. The Morgan fingerprint density at radius 3 is 2.54 bits per heavy atom. The lowest BCUT2D eigenvalue weighted by molar-refractivity contribution is -0.187. The third-order valence-electron chi connectivity index (χ3n) is 6.04. The average Bonchev–Trinajstić information content (AvgIpc) is 2.69. The van der Waals surface area contributed by atoms with Gasteiger partial charge >= 0.3 is 6.18 Å². The Hall–Kier alpha value is -1.76. The van der Waals surface area contributed by atoms with Crippen molar-refractivity contribution in [3.63, 3.8) is 0 Å².